The largest absolute Gasteiger partial charge is 0.493 e. The van der Waals surface area contributed by atoms with Crippen molar-refractivity contribution in [2.24, 2.45) is 0 Å². The molecule has 0 saturated heterocycles. The van der Waals surface area contributed by atoms with Crippen molar-refractivity contribution >= 4 is 17.1 Å². The fourth-order valence-corrected chi connectivity index (χ4v) is 1.97. The van der Waals surface area contributed by atoms with Crippen molar-refractivity contribution in [3.63, 3.8) is 0 Å². The van der Waals surface area contributed by atoms with E-state index in [0.717, 1.165) is 17.7 Å². The average molecular weight is 274 g/mol. The van der Waals surface area contributed by atoms with Gasteiger partial charge in [-0.25, -0.2) is 4.39 Å². The number of nitrogens with one attached hydrogen (secondary N) is 1. The smallest absolute Gasteiger partial charge is 0.125 e. The Morgan fingerprint density at radius 2 is 1.85 bits per heavy atom. The molecule has 3 N–H and O–H groups in total. The summed E-state index contributed by atoms with van der Waals surface area (Å²) in [6, 6.07) is 10.2. The Hall–Kier alpha value is -2.23. The zero-order chi connectivity index (χ0) is 14.5. The van der Waals surface area contributed by atoms with E-state index in [4.69, 9.17) is 10.5 Å². The second-order valence-corrected chi connectivity index (χ2v) is 4.78. The quantitative estimate of drug-likeness (QED) is 0.801. The van der Waals surface area contributed by atoms with Gasteiger partial charge in [-0.05, 0) is 43.2 Å². The summed E-state index contributed by atoms with van der Waals surface area (Å²) in [6.07, 6.45) is 0.931. The lowest BCUT2D eigenvalue weighted by Crippen LogP contribution is -1.98. The highest BCUT2D eigenvalue weighted by molar-refractivity contribution is 5.66. The van der Waals surface area contributed by atoms with Gasteiger partial charge in [-0.2, -0.15) is 0 Å². The lowest BCUT2D eigenvalue weighted by atomic mass is 10.2. The maximum Gasteiger partial charge on any atom is 0.125 e. The SMILES string of the molecule is CCCOc1cc(N)cc(Nc2cc(C)cc(F)c2)c1. The lowest BCUT2D eigenvalue weighted by molar-refractivity contribution is 0.318. The average Bonchev–Trinajstić information content (AvgIpc) is 2.34. The minimum absolute atomic E-state index is 0.265. The van der Waals surface area contributed by atoms with Gasteiger partial charge in [0, 0.05) is 29.2 Å². The highest BCUT2D eigenvalue weighted by Gasteiger charge is 2.03. The van der Waals surface area contributed by atoms with E-state index in [0.29, 0.717) is 23.7 Å². The summed E-state index contributed by atoms with van der Waals surface area (Å²) in [4.78, 5) is 0. The van der Waals surface area contributed by atoms with Gasteiger partial charge in [0.1, 0.15) is 11.6 Å². The van der Waals surface area contributed by atoms with E-state index in [1.54, 1.807) is 12.1 Å². The van der Waals surface area contributed by atoms with Gasteiger partial charge < -0.3 is 15.8 Å². The Labute approximate surface area is 118 Å². The van der Waals surface area contributed by atoms with Crippen LogP contribution in [0.3, 0.4) is 0 Å². The predicted octanol–water partition coefficient (Wildman–Crippen LogP) is 4.25. The minimum atomic E-state index is -0.265. The fraction of sp³-hybridized carbons (Fsp3) is 0.250. The molecule has 2 aromatic carbocycles. The number of ether oxygens (including phenoxy) is 1. The Bertz CT molecular complexity index is 579. The normalized spacial score (nSPS) is 10.3. The molecule has 20 heavy (non-hydrogen) atoms. The molecule has 2 rings (SSSR count). The number of anilines is 3. The lowest BCUT2D eigenvalue weighted by Gasteiger charge is -2.11. The molecule has 0 bridgehead atoms. The molecule has 0 radical (unpaired) electrons. The van der Waals surface area contributed by atoms with Gasteiger partial charge in [0.2, 0.25) is 0 Å². The van der Waals surface area contributed by atoms with Crippen LogP contribution in [0.5, 0.6) is 5.75 Å². The molecule has 0 heterocycles. The van der Waals surface area contributed by atoms with Crippen molar-refractivity contribution in [3.05, 3.63) is 47.8 Å². The van der Waals surface area contributed by atoms with Crippen molar-refractivity contribution in [1.82, 2.24) is 0 Å². The number of hydrogen-bond acceptors (Lipinski definition) is 3. The molecule has 0 aliphatic rings. The first-order valence-electron chi connectivity index (χ1n) is 6.64. The fourth-order valence-electron chi connectivity index (χ4n) is 1.97. The summed E-state index contributed by atoms with van der Waals surface area (Å²) >= 11 is 0. The van der Waals surface area contributed by atoms with E-state index >= 15 is 0 Å². The highest BCUT2D eigenvalue weighted by Crippen LogP contribution is 2.26. The monoisotopic (exact) mass is 274 g/mol. The third-order valence-electron chi connectivity index (χ3n) is 2.73. The van der Waals surface area contributed by atoms with E-state index in [1.165, 1.54) is 12.1 Å². The van der Waals surface area contributed by atoms with Gasteiger partial charge >= 0.3 is 0 Å². The van der Waals surface area contributed by atoms with Crippen molar-refractivity contribution in [1.29, 1.82) is 0 Å². The van der Waals surface area contributed by atoms with Crippen molar-refractivity contribution in [2.75, 3.05) is 17.7 Å². The van der Waals surface area contributed by atoms with Crippen LogP contribution in [0.15, 0.2) is 36.4 Å². The van der Waals surface area contributed by atoms with E-state index in [1.807, 2.05) is 26.0 Å². The molecule has 2 aromatic rings. The first-order valence-corrected chi connectivity index (χ1v) is 6.64. The number of halogens is 1. The van der Waals surface area contributed by atoms with Crippen LogP contribution in [0.4, 0.5) is 21.5 Å². The zero-order valence-electron chi connectivity index (χ0n) is 11.7. The summed E-state index contributed by atoms with van der Waals surface area (Å²) in [5.74, 6) is 0.446. The summed E-state index contributed by atoms with van der Waals surface area (Å²) in [7, 11) is 0. The predicted molar refractivity (Wildman–Crippen MR) is 81.1 cm³/mol. The molecule has 0 unspecified atom stereocenters. The molecule has 0 aliphatic heterocycles. The number of benzene rings is 2. The molecule has 0 aromatic heterocycles. The van der Waals surface area contributed by atoms with Crippen LogP contribution in [0.25, 0.3) is 0 Å². The van der Waals surface area contributed by atoms with Crippen LogP contribution in [-0.4, -0.2) is 6.61 Å². The van der Waals surface area contributed by atoms with Gasteiger partial charge in [-0.1, -0.05) is 6.92 Å². The van der Waals surface area contributed by atoms with Gasteiger partial charge in [-0.15, -0.1) is 0 Å². The van der Waals surface area contributed by atoms with Crippen LogP contribution < -0.4 is 15.8 Å². The van der Waals surface area contributed by atoms with Crippen molar-refractivity contribution in [3.8, 4) is 5.75 Å². The minimum Gasteiger partial charge on any atom is -0.493 e. The Morgan fingerprint density at radius 3 is 2.55 bits per heavy atom. The van der Waals surface area contributed by atoms with Gasteiger partial charge in [0.15, 0.2) is 0 Å². The molecule has 0 amide bonds. The van der Waals surface area contributed by atoms with E-state index in [2.05, 4.69) is 5.32 Å². The summed E-state index contributed by atoms with van der Waals surface area (Å²) in [5, 5.41) is 3.14. The molecule has 3 nitrogen and oxygen atoms in total. The van der Waals surface area contributed by atoms with Crippen molar-refractivity contribution < 1.29 is 9.13 Å². The second kappa shape index (κ2) is 6.28. The molecule has 106 valence electrons. The summed E-state index contributed by atoms with van der Waals surface area (Å²) in [5.41, 5.74) is 8.78. The number of nitrogens with two attached hydrogens (primary N) is 1. The molecular weight excluding hydrogens is 255 g/mol. The van der Waals surface area contributed by atoms with Crippen LogP contribution in [0.2, 0.25) is 0 Å². The van der Waals surface area contributed by atoms with E-state index in [9.17, 15) is 4.39 Å². The standard InChI is InChI=1S/C16H19FN2O/c1-3-4-20-16-9-13(18)8-15(10-16)19-14-6-11(2)5-12(17)7-14/h5-10,19H,3-4,18H2,1-2H3. The van der Waals surface area contributed by atoms with Crippen LogP contribution in [0.1, 0.15) is 18.9 Å². The molecule has 0 saturated carbocycles. The first kappa shape index (κ1) is 14.2. The Balaban J connectivity index is 2.21. The van der Waals surface area contributed by atoms with E-state index < -0.39 is 0 Å². The second-order valence-electron chi connectivity index (χ2n) is 4.78. The molecular formula is C16H19FN2O. The number of nitrogen functional groups attached to an aromatic ring is 1. The van der Waals surface area contributed by atoms with Gasteiger partial charge in [0.25, 0.3) is 0 Å². The van der Waals surface area contributed by atoms with Crippen molar-refractivity contribution in [2.45, 2.75) is 20.3 Å². The molecule has 0 fully saturated rings. The highest BCUT2D eigenvalue weighted by atomic mass is 19.1. The summed E-state index contributed by atoms with van der Waals surface area (Å²) < 4.78 is 18.9. The van der Waals surface area contributed by atoms with E-state index in [-0.39, 0.29) is 5.82 Å². The van der Waals surface area contributed by atoms with Gasteiger partial charge in [-0.3, -0.25) is 0 Å². The molecule has 0 aliphatic carbocycles. The first-order chi connectivity index (χ1) is 9.56. The number of aryl methyl sites for hydroxylation is 1. The topological polar surface area (TPSA) is 47.3 Å². The number of hydrogen-bond donors (Lipinski definition) is 2. The van der Waals surface area contributed by atoms with Crippen LogP contribution in [-0.2, 0) is 0 Å². The van der Waals surface area contributed by atoms with Crippen LogP contribution in [0, 0.1) is 12.7 Å². The third kappa shape index (κ3) is 3.88. The maximum absolute atomic E-state index is 13.4. The Morgan fingerprint density at radius 1 is 1.10 bits per heavy atom. The molecule has 4 heteroatoms. The number of rotatable bonds is 5. The van der Waals surface area contributed by atoms with Gasteiger partial charge in [0.05, 0.1) is 6.61 Å². The van der Waals surface area contributed by atoms with Crippen LogP contribution >= 0.6 is 0 Å². The zero-order valence-corrected chi connectivity index (χ0v) is 11.7. The molecule has 0 atom stereocenters. The Kier molecular flexibility index (Phi) is 4.45. The molecule has 0 spiro atoms. The maximum atomic E-state index is 13.4. The summed E-state index contributed by atoms with van der Waals surface area (Å²) in [6.45, 7) is 4.53. The third-order valence-corrected chi connectivity index (χ3v) is 2.73.